The molecular formula is C19H22N2O5S2. The molecule has 1 aromatic heterocycles. The van der Waals surface area contributed by atoms with E-state index in [-0.39, 0.29) is 45.1 Å². The highest BCUT2D eigenvalue weighted by molar-refractivity contribution is 8.00. The number of nitrogens with one attached hydrogen (secondary N) is 1. The summed E-state index contributed by atoms with van der Waals surface area (Å²) in [7, 11) is 0. The smallest absolute Gasteiger partial charge is 0.326 e. The van der Waals surface area contributed by atoms with Crippen LogP contribution in [-0.4, -0.2) is 44.1 Å². The first-order valence-electron chi connectivity index (χ1n) is 9.70. The van der Waals surface area contributed by atoms with Crippen LogP contribution in [0.1, 0.15) is 38.5 Å². The Kier molecular flexibility index (Phi) is 3.76. The Hall–Kier alpha value is -1.61. The van der Waals surface area contributed by atoms with E-state index in [4.69, 9.17) is 0 Å². The minimum absolute atomic E-state index is 0.0508. The van der Waals surface area contributed by atoms with Crippen LogP contribution in [0.15, 0.2) is 9.82 Å². The van der Waals surface area contributed by atoms with Crippen molar-refractivity contribution in [2.45, 2.75) is 55.3 Å². The Morgan fingerprint density at radius 1 is 1.29 bits per heavy atom. The summed E-state index contributed by atoms with van der Waals surface area (Å²) in [4.78, 5) is 54.6. The number of aromatic nitrogens is 1. The number of carbonyl (C=O) groups excluding carboxylic acids is 2. The molecule has 2 amide bonds. The molecule has 2 N–H and O–H groups in total. The van der Waals surface area contributed by atoms with Crippen LogP contribution in [0.5, 0.6) is 0 Å². The molecule has 2 bridgehead atoms. The monoisotopic (exact) mass is 422 g/mol. The second-order valence-electron chi connectivity index (χ2n) is 8.73. The molecule has 2 aliphatic carbocycles. The van der Waals surface area contributed by atoms with Crippen molar-refractivity contribution in [3.63, 3.8) is 0 Å². The van der Waals surface area contributed by atoms with Gasteiger partial charge in [-0.3, -0.25) is 19.3 Å². The number of thioether (sulfide) groups is 1. The molecule has 9 heteroatoms. The normalized spacial score (nSPS) is 41.8. The Labute approximate surface area is 169 Å². The van der Waals surface area contributed by atoms with Gasteiger partial charge in [-0.2, -0.15) is 0 Å². The number of thiazole rings is 1. The second kappa shape index (κ2) is 5.72. The van der Waals surface area contributed by atoms with E-state index in [1.165, 1.54) is 18.3 Å². The van der Waals surface area contributed by atoms with Gasteiger partial charge in [0.2, 0.25) is 11.8 Å². The third-order valence-corrected chi connectivity index (χ3v) is 10.5. The lowest BCUT2D eigenvalue weighted by Crippen LogP contribution is -2.49. The van der Waals surface area contributed by atoms with Crippen molar-refractivity contribution < 1.29 is 19.5 Å². The zero-order valence-electron chi connectivity index (χ0n) is 15.8. The number of hydrogen-bond donors (Lipinski definition) is 2. The molecule has 0 spiro atoms. The number of rotatable bonds is 3. The van der Waals surface area contributed by atoms with Gasteiger partial charge in [0.15, 0.2) is 0 Å². The van der Waals surface area contributed by atoms with E-state index in [1.54, 1.807) is 11.8 Å². The lowest BCUT2D eigenvalue weighted by molar-refractivity contribution is -0.154. The van der Waals surface area contributed by atoms with Crippen molar-refractivity contribution >= 4 is 40.9 Å². The largest absolute Gasteiger partial charge is 0.480 e. The third kappa shape index (κ3) is 2.01. The fourth-order valence-electron chi connectivity index (χ4n) is 6.41. The second-order valence-corrected chi connectivity index (χ2v) is 10.9. The van der Waals surface area contributed by atoms with E-state index in [9.17, 15) is 24.3 Å². The van der Waals surface area contributed by atoms with Crippen molar-refractivity contribution in [3.8, 4) is 0 Å². The Morgan fingerprint density at radius 2 is 1.93 bits per heavy atom. The summed E-state index contributed by atoms with van der Waals surface area (Å²) in [5.41, 5.74) is -0.214. The first-order chi connectivity index (χ1) is 13.2. The molecule has 5 rings (SSSR count). The zero-order chi connectivity index (χ0) is 20.1. The molecule has 0 unspecified atom stereocenters. The summed E-state index contributed by atoms with van der Waals surface area (Å²) in [5, 5.41) is 10.4. The van der Waals surface area contributed by atoms with Crippen LogP contribution in [0.25, 0.3) is 0 Å². The topological polar surface area (TPSA) is 108 Å². The number of likely N-dealkylation sites (tertiary alicyclic amines) is 1. The zero-order valence-corrected chi connectivity index (χ0v) is 17.4. The van der Waals surface area contributed by atoms with Crippen molar-refractivity contribution in [2.24, 2.45) is 29.6 Å². The lowest BCUT2D eigenvalue weighted by atomic mass is 9.62. The maximum absolute atomic E-state index is 13.1. The van der Waals surface area contributed by atoms with Crippen molar-refractivity contribution in [3.05, 3.63) is 14.5 Å². The van der Waals surface area contributed by atoms with E-state index < -0.39 is 23.8 Å². The predicted molar refractivity (Wildman–Crippen MR) is 103 cm³/mol. The maximum Gasteiger partial charge on any atom is 0.326 e. The Balaban J connectivity index is 1.59. The summed E-state index contributed by atoms with van der Waals surface area (Å²) >= 11 is 2.92. The third-order valence-electron chi connectivity index (χ3n) is 7.74. The molecule has 2 saturated carbocycles. The minimum Gasteiger partial charge on any atom is -0.480 e. The van der Waals surface area contributed by atoms with Crippen LogP contribution >= 0.6 is 23.1 Å². The van der Waals surface area contributed by atoms with Crippen LogP contribution in [-0.2, 0) is 19.8 Å². The number of carboxylic acid groups (broad SMARTS) is 1. The van der Waals surface area contributed by atoms with Crippen LogP contribution in [0.4, 0.5) is 0 Å². The number of fused-ring (bicyclic) bond motifs is 9. The van der Waals surface area contributed by atoms with Gasteiger partial charge in [0.05, 0.1) is 16.9 Å². The van der Waals surface area contributed by atoms with Gasteiger partial charge in [-0.05, 0) is 37.5 Å². The predicted octanol–water partition coefficient (Wildman–Crippen LogP) is 1.92. The highest BCUT2D eigenvalue weighted by Gasteiger charge is 2.71. The van der Waals surface area contributed by atoms with E-state index >= 15 is 0 Å². The van der Waals surface area contributed by atoms with Gasteiger partial charge in [-0.1, -0.05) is 25.2 Å². The number of amides is 2. The van der Waals surface area contributed by atoms with Gasteiger partial charge in [0.1, 0.15) is 6.04 Å². The number of carboxylic acids is 1. The Bertz CT molecular complexity index is 970. The van der Waals surface area contributed by atoms with Crippen LogP contribution in [0, 0.1) is 29.6 Å². The summed E-state index contributed by atoms with van der Waals surface area (Å²) in [6, 6.07) is -1.13. The maximum atomic E-state index is 13.1. The summed E-state index contributed by atoms with van der Waals surface area (Å²) < 4.78 is 0. The lowest BCUT2D eigenvalue weighted by Gasteiger charge is -2.48. The molecule has 0 aromatic carbocycles. The fourth-order valence-corrected chi connectivity index (χ4v) is 9.60. The number of aliphatic carboxylic acids is 1. The average molecular weight is 423 g/mol. The molecule has 0 radical (unpaired) electrons. The SMILES string of the molecule is CC[C@]1(C)c2sc(=O)[nH]c2S[C@H]2[C@H]3C[C@@H]([C@H]4C(=O)N([C@@H](C)C(=O)O)C(=O)[C@H]34)[C@@H]21. The van der Waals surface area contributed by atoms with Crippen molar-refractivity contribution in [1.82, 2.24) is 9.88 Å². The van der Waals surface area contributed by atoms with Gasteiger partial charge in [0.25, 0.3) is 0 Å². The standard InChI is InChI=1S/C19H22N2O5S2/c1-4-19(3)11-7-5-8(12(11)27-14-13(19)28-18(26)20-14)10-9(7)15(22)21(16(10)23)6(2)17(24)25/h6-12H,4-5H2,1-3H3,(H,20,26)(H,24,25)/t6-,7-,8-,9+,10+,11-,12-,19-/m0/s1. The van der Waals surface area contributed by atoms with Crippen molar-refractivity contribution in [1.29, 1.82) is 0 Å². The number of H-pyrrole nitrogens is 1. The molecule has 2 aliphatic heterocycles. The Morgan fingerprint density at radius 3 is 2.54 bits per heavy atom. The van der Waals surface area contributed by atoms with Gasteiger partial charge in [-0.25, -0.2) is 4.79 Å². The fraction of sp³-hybridized carbons (Fsp3) is 0.684. The molecule has 7 nitrogen and oxygen atoms in total. The average Bonchev–Trinajstić information content (AvgIpc) is 3.36. The number of nitrogens with zero attached hydrogens (tertiary/aromatic N) is 1. The van der Waals surface area contributed by atoms with Gasteiger partial charge < -0.3 is 10.1 Å². The van der Waals surface area contributed by atoms with Crippen LogP contribution < -0.4 is 4.87 Å². The summed E-state index contributed by atoms with van der Waals surface area (Å²) in [6.07, 6.45) is 1.69. The highest BCUT2D eigenvalue weighted by Crippen LogP contribution is 2.69. The molecule has 3 heterocycles. The summed E-state index contributed by atoms with van der Waals surface area (Å²) in [5.74, 6) is -2.29. The van der Waals surface area contributed by atoms with E-state index in [0.29, 0.717) is 0 Å². The molecule has 4 aliphatic rings. The van der Waals surface area contributed by atoms with Gasteiger partial charge >= 0.3 is 10.8 Å². The molecule has 1 saturated heterocycles. The number of carbonyl (C=O) groups is 3. The van der Waals surface area contributed by atoms with Crippen molar-refractivity contribution in [2.75, 3.05) is 0 Å². The molecule has 3 fully saturated rings. The van der Waals surface area contributed by atoms with Crippen LogP contribution in [0.3, 0.4) is 0 Å². The summed E-state index contributed by atoms with van der Waals surface area (Å²) in [6.45, 7) is 5.70. The van der Waals surface area contributed by atoms with Crippen LogP contribution in [0.2, 0.25) is 0 Å². The van der Waals surface area contributed by atoms with Gasteiger partial charge in [0, 0.05) is 15.5 Å². The minimum atomic E-state index is -1.15. The van der Waals surface area contributed by atoms with E-state index in [2.05, 4.69) is 18.8 Å². The quantitative estimate of drug-likeness (QED) is 0.721. The molecular weight excluding hydrogens is 400 g/mol. The number of imide groups is 1. The first-order valence-corrected chi connectivity index (χ1v) is 11.4. The molecule has 1 aromatic rings. The first kappa shape index (κ1) is 18.4. The molecule has 8 atom stereocenters. The molecule has 28 heavy (non-hydrogen) atoms. The van der Waals surface area contributed by atoms with Gasteiger partial charge in [-0.15, -0.1) is 11.8 Å². The van der Waals surface area contributed by atoms with E-state index in [0.717, 1.165) is 27.6 Å². The highest BCUT2D eigenvalue weighted by atomic mass is 32.2. The number of hydrogen-bond acceptors (Lipinski definition) is 6. The number of aromatic amines is 1. The molecule has 150 valence electrons. The van der Waals surface area contributed by atoms with E-state index in [1.807, 2.05) is 0 Å².